The van der Waals surface area contributed by atoms with E-state index < -0.39 is 0 Å². The van der Waals surface area contributed by atoms with E-state index in [4.69, 9.17) is 8.83 Å². The second-order valence-corrected chi connectivity index (χ2v) is 30.8. The molecule has 15 heterocycles. The molecule has 490 valence electrons. The van der Waals surface area contributed by atoms with Crippen LogP contribution >= 0.6 is 34.0 Å². The molecule has 0 saturated carbocycles. The van der Waals surface area contributed by atoms with Gasteiger partial charge in [-0.05, 0) is 153 Å². The van der Waals surface area contributed by atoms with Crippen LogP contribution in [0.1, 0.15) is 27.3 Å². The summed E-state index contributed by atoms with van der Waals surface area (Å²) in [5.74, 6) is 1.11. The Morgan fingerprint density at radius 2 is 0.730 bits per heavy atom. The molecule has 5 unspecified atom stereocenters. The Balaban J connectivity index is 0.0000000818. The van der Waals surface area contributed by atoms with Gasteiger partial charge in [0.15, 0.2) is 0 Å². The highest BCUT2D eigenvalue weighted by Crippen LogP contribution is 2.58. The summed E-state index contributed by atoms with van der Waals surface area (Å²) < 4.78 is 14.2. The van der Waals surface area contributed by atoms with E-state index in [-0.39, 0.29) is 0 Å². The number of hydrogen-bond donors (Lipinski definition) is 0. The standard InChI is InChI=1S/2C17H14N2O.3C17H14N2S/c1-18-12-7-3-4-8-13(12)19-16(18)10-15-17(19)11-6-2-5-9-14(11)20-15;1-18-14-4-2-3-5-15(14)19-16-7-13-10-20-9-12(13)6-11(16)8-17(18)19;1-18-13-7-3-4-8-14(13)19-16(18)10-12-11-6-2-5-9-15(11)20-17(12)19;1-18-12-7-3-4-8-13(12)19-16(18)10-15-17(19)11-6-2-5-9-14(11)20-15;1-18-14-4-2-3-5-15(14)19-16-7-13-10-20-9-12(13)6-11(16)8-17(18)19/h2-9,16H,10H2,1H3;2-7,9-10,17H,8H2,1H3;2*2-9,16H,10H2,1H3;2-7,9-10,17H,8H2,1H3. The number of nitrogens with zero attached hydrogens (tertiary/aromatic N) is 10. The first-order chi connectivity index (χ1) is 49.2. The van der Waals surface area contributed by atoms with E-state index in [0.717, 1.165) is 43.4 Å². The van der Waals surface area contributed by atoms with Gasteiger partial charge in [0.2, 0.25) is 0 Å². The normalized spacial score (nSPS) is 19.4. The van der Waals surface area contributed by atoms with Crippen LogP contribution < -0.4 is 49.0 Å². The van der Waals surface area contributed by atoms with Crippen LogP contribution in [0.25, 0.3) is 52.7 Å². The third kappa shape index (κ3) is 8.42. The first kappa shape index (κ1) is 58.2. The quantitative estimate of drug-likeness (QED) is 0.145. The van der Waals surface area contributed by atoms with Crippen molar-refractivity contribution in [3.05, 3.63) is 269 Å². The van der Waals surface area contributed by atoms with Crippen molar-refractivity contribution in [1.82, 2.24) is 0 Å². The van der Waals surface area contributed by atoms with Gasteiger partial charge in [0, 0.05) is 115 Å². The molecular formula is C85H70N10O2S3. The molecule has 0 saturated heterocycles. The molecule has 0 aliphatic carbocycles. The highest BCUT2D eigenvalue weighted by molar-refractivity contribution is 7.23. The lowest BCUT2D eigenvalue weighted by atomic mass is 10.1. The van der Waals surface area contributed by atoms with Crippen LogP contribution in [0.15, 0.2) is 251 Å². The number of para-hydroxylation sites is 11. The Bertz CT molecular complexity index is 5440. The summed E-state index contributed by atoms with van der Waals surface area (Å²) in [6.07, 6.45) is 11.1. The first-order valence-electron chi connectivity index (χ1n) is 34.7. The highest BCUT2D eigenvalue weighted by Gasteiger charge is 2.47. The van der Waals surface area contributed by atoms with Crippen molar-refractivity contribution in [2.45, 2.75) is 62.9 Å². The van der Waals surface area contributed by atoms with E-state index >= 15 is 0 Å². The number of furan rings is 2. The van der Waals surface area contributed by atoms with Gasteiger partial charge in [-0.2, -0.15) is 11.3 Å². The average Bonchev–Trinajstić information content (AvgIpc) is 1.61. The Labute approximate surface area is 592 Å². The predicted octanol–water partition coefficient (Wildman–Crippen LogP) is 20.9. The summed E-state index contributed by atoms with van der Waals surface area (Å²) in [5, 5.41) is 15.1. The number of thiophene rings is 3. The molecule has 100 heavy (non-hydrogen) atoms. The van der Waals surface area contributed by atoms with Gasteiger partial charge in [0.25, 0.3) is 0 Å². The number of hydrogen-bond acceptors (Lipinski definition) is 15. The second kappa shape index (κ2) is 22.1. The molecule has 0 amide bonds. The highest BCUT2D eigenvalue weighted by atomic mass is 32.1. The summed E-state index contributed by atoms with van der Waals surface area (Å²) in [5.41, 5.74) is 24.1. The van der Waals surface area contributed by atoms with Gasteiger partial charge < -0.3 is 57.8 Å². The van der Waals surface area contributed by atoms with Gasteiger partial charge in [-0.1, -0.05) is 109 Å². The van der Waals surface area contributed by atoms with Crippen molar-refractivity contribution in [3.63, 3.8) is 0 Å². The monoisotopic (exact) mass is 1360 g/mol. The fourth-order valence-electron chi connectivity index (χ4n) is 18.0. The van der Waals surface area contributed by atoms with E-state index in [9.17, 15) is 0 Å². The molecule has 5 atom stereocenters. The number of rotatable bonds is 0. The lowest BCUT2D eigenvalue weighted by Crippen LogP contribution is -2.36. The van der Waals surface area contributed by atoms with E-state index in [1.54, 1.807) is 11.3 Å². The third-order valence-electron chi connectivity index (χ3n) is 22.8. The lowest BCUT2D eigenvalue weighted by Gasteiger charge is -2.24. The fraction of sp³-hybridized carbons (Fsp3) is 0.176. The van der Waals surface area contributed by atoms with Crippen LogP contribution in [0.2, 0.25) is 0 Å². The summed E-state index contributed by atoms with van der Waals surface area (Å²) >= 11 is 5.67. The minimum atomic E-state index is 0.353. The van der Waals surface area contributed by atoms with Gasteiger partial charge >= 0.3 is 0 Å². The van der Waals surface area contributed by atoms with Crippen molar-refractivity contribution in [2.75, 3.05) is 84.2 Å². The Morgan fingerprint density at radius 3 is 1.30 bits per heavy atom. The van der Waals surface area contributed by atoms with E-state index in [1.807, 2.05) is 47.3 Å². The maximum absolute atomic E-state index is 6.04. The van der Waals surface area contributed by atoms with Crippen LogP contribution in [0.5, 0.6) is 0 Å². The maximum Gasteiger partial charge on any atom is 0.136 e. The van der Waals surface area contributed by atoms with Gasteiger partial charge in [-0.25, -0.2) is 0 Å². The minimum absolute atomic E-state index is 0.353. The molecule has 0 bridgehead atoms. The molecule has 5 aromatic heterocycles. The summed E-state index contributed by atoms with van der Waals surface area (Å²) in [7, 11) is 11.0. The maximum atomic E-state index is 6.04. The average molecular weight is 1360 g/mol. The fourth-order valence-corrected chi connectivity index (χ4v) is 21.3. The topological polar surface area (TPSA) is 58.7 Å². The third-order valence-corrected chi connectivity index (χ3v) is 26.0. The SMILES string of the molecule is CN1c2ccccc2N2c3c(oc4ccccc34)CC12.CN1c2ccccc2N2c3c(sc4ccccc34)CC12.CN1c2ccccc2N2c3cc4cocc4cc3CC12.CN1c2ccccc2N2c3cc4cscc4cc3CC12.CN1c2ccccc2N2c3sc4ccccc4c3CC12. The zero-order valence-corrected chi connectivity index (χ0v) is 58.5. The van der Waals surface area contributed by atoms with Crippen molar-refractivity contribution in [2.24, 2.45) is 0 Å². The lowest BCUT2D eigenvalue weighted by molar-refractivity contribution is 0.540. The molecule has 0 spiro atoms. The van der Waals surface area contributed by atoms with Crippen LogP contribution in [0.4, 0.5) is 84.6 Å². The molecule has 12 nitrogen and oxygen atoms in total. The molecule has 25 rings (SSSR count). The molecule has 0 radical (unpaired) electrons. The molecule has 10 aliphatic rings. The van der Waals surface area contributed by atoms with Crippen molar-refractivity contribution >= 4 is 171 Å². The Morgan fingerprint density at radius 1 is 0.330 bits per heavy atom. The van der Waals surface area contributed by atoms with Gasteiger partial charge in [0.1, 0.15) is 47.2 Å². The minimum Gasteiger partial charge on any atom is -0.471 e. The van der Waals surface area contributed by atoms with E-state index in [1.165, 1.54) is 153 Å². The molecule has 15 aromatic rings. The Hall–Kier alpha value is -10.8. The van der Waals surface area contributed by atoms with Crippen LogP contribution in [0, 0.1) is 0 Å². The first-order valence-corrected chi connectivity index (χ1v) is 37.3. The zero-order chi connectivity index (χ0) is 66.3. The molecule has 15 heteroatoms. The molecule has 10 aliphatic heterocycles. The smallest absolute Gasteiger partial charge is 0.136 e. The van der Waals surface area contributed by atoms with Gasteiger partial charge in [-0.15, -0.1) is 22.7 Å². The second-order valence-electron chi connectivity index (χ2n) is 27.9. The molecule has 10 aromatic carbocycles. The summed E-state index contributed by atoms with van der Waals surface area (Å²) in [6.45, 7) is 0. The zero-order valence-electron chi connectivity index (χ0n) is 56.0. The van der Waals surface area contributed by atoms with Crippen LogP contribution in [-0.2, 0) is 32.1 Å². The number of benzene rings is 10. The van der Waals surface area contributed by atoms with Crippen LogP contribution in [0.3, 0.4) is 0 Å². The number of anilines is 15. The largest absolute Gasteiger partial charge is 0.471 e. The van der Waals surface area contributed by atoms with Gasteiger partial charge in [0.05, 0.1) is 80.8 Å². The van der Waals surface area contributed by atoms with Crippen molar-refractivity contribution in [3.8, 4) is 0 Å². The Kier molecular flexibility index (Phi) is 12.8. The van der Waals surface area contributed by atoms with E-state index in [2.05, 4.69) is 301 Å². The molecule has 0 N–H and O–H groups in total. The van der Waals surface area contributed by atoms with Crippen molar-refractivity contribution < 1.29 is 8.83 Å². The summed E-state index contributed by atoms with van der Waals surface area (Å²) in [4.78, 5) is 25.9. The van der Waals surface area contributed by atoms with Crippen molar-refractivity contribution in [1.29, 1.82) is 0 Å². The number of fused-ring (bicyclic) bond motifs is 33. The van der Waals surface area contributed by atoms with Gasteiger partial charge in [-0.3, -0.25) is 0 Å². The predicted molar refractivity (Wildman–Crippen MR) is 420 cm³/mol. The van der Waals surface area contributed by atoms with Crippen LogP contribution in [-0.4, -0.2) is 66.1 Å². The summed E-state index contributed by atoms with van der Waals surface area (Å²) in [6, 6.07) is 78.5. The number of likely N-dealkylation sites (N-methyl/N-ethyl adjacent to an activating group) is 5. The molecule has 0 fully saturated rings. The molecular weight excluding hydrogens is 1290 g/mol. The van der Waals surface area contributed by atoms with E-state index in [0.29, 0.717) is 30.8 Å².